The number of carbonyl (C=O) groups is 2. The maximum absolute atomic E-state index is 11.6. The average molecular weight is 340 g/mol. The molecule has 1 saturated heterocycles. The average Bonchev–Trinajstić information content (AvgIpc) is 2.75. The van der Waals surface area contributed by atoms with E-state index >= 15 is 0 Å². The van der Waals surface area contributed by atoms with Crippen molar-refractivity contribution in [2.24, 2.45) is 0 Å². The number of rotatable bonds is 5. The summed E-state index contributed by atoms with van der Waals surface area (Å²) in [6.07, 6.45) is 1.36. The number of non-ortho nitro benzene ring substituents is 1. The molecule has 114 valence electrons. The molecule has 10 heteroatoms. The SMILES string of the molecule is O=C(O)COc1ccc([N+](=O)[O-])cc1/C=C1\SC(=S)NC1=O. The highest BCUT2D eigenvalue weighted by Crippen LogP contribution is 2.31. The molecule has 0 aromatic heterocycles. The molecule has 2 N–H and O–H groups in total. The van der Waals surface area contributed by atoms with Crippen molar-refractivity contribution in [2.75, 3.05) is 6.61 Å². The minimum Gasteiger partial charge on any atom is -0.481 e. The molecule has 1 fully saturated rings. The number of hydrogen-bond donors (Lipinski definition) is 2. The van der Waals surface area contributed by atoms with E-state index in [1.165, 1.54) is 24.3 Å². The molecule has 0 radical (unpaired) electrons. The molecular formula is C12H8N2O6S2. The van der Waals surface area contributed by atoms with Gasteiger partial charge in [0.15, 0.2) is 6.61 Å². The number of nitrogens with one attached hydrogen (secondary N) is 1. The predicted octanol–water partition coefficient (Wildman–Crippen LogP) is 1.55. The number of aliphatic carboxylic acids is 1. The van der Waals surface area contributed by atoms with Crippen LogP contribution in [0.1, 0.15) is 5.56 Å². The fourth-order valence-electron chi connectivity index (χ4n) is 1.60. The maximum atomic E-state index is 11.6. The molecule has 0 saturated carbocycles. The third kappa shape index (κ3) is 3.80. The number of carboxylic acids is 1. The van der Waals surface area contributed by atoms with Crippen LogP contribution >= 0.6 is 24.0 Å². The van der Waals surface area contributed by atoms with Crippen LogP contribution in [0.5, 0.6) is 5.75 Å². The van der Waals surface area contributed by atoms with E-state index in [1.54, 1.807) is 0 Å². The first kappa shape index (κ1) is 15.9. The largest absolute Gasteiger partial charge is 0.481 e. The summed E-state index contributed by atoms with van der Waals surface area (Å²) in [7, 11) is 0. The molecule has 0 unspecified atom stereocenters. The Morgan fingerprint density at radius 2 is 2.27 bits per heavy atom. The van der Waals surface area contributed by atoms with E-state index < -0.39 is 23.4 Å². The minimum atomic E-state index is -1.19. The second-order valence-corrected chi connectivity index (χ2v) is 5.73. The van der Waals surface area contributed by atoms with Gasteiger partial charge in [-0.1, -0.05) is 24.0 Å². The van der Waals surface area contributed by atoms with E-state index in [1.807, 2.05) is 0 Å². The molecule has 0 bridgehead atoms. The molecular weight excluding hydrogens is 332 g/mol. The van der Waals surface area contributed by atoms with Crippen LogP contribution in [0.25, 0.3) is 6.08 Å². The minimum absolute atomic E-state index is 0.117. The van der Waals surface area contributed by atoms with Crippen LogP contribution in [0.4, 0.5) is 5.69 Å². The molecule has 22 heavy (non-hydrogen) atoms. The molecule has 1 aromatic carbocycles. The van der Waals surface area contributed by atoms with E-state index in [2.05, 4.69) is 5.32 Å². The van der Waals surface area contributed by atoms with E-state index in [-0.39, 0.29) is 26.2 Å². The van der Waals surface area contributed by atoms with Crippen LogP contribution in [0.15, 0.2) is 23.1 Å². The summed E-state index contributed by atoms with van der Waals surface area (Å²) in [5.41, 5.74) is 0.0123. The zero-order chi connectivity index (χ0) is 16.3. The number of benzene rings is 1. The third-order valence-electron chi connectivity index (χ3n) is 2.48. The summed E-state index contributed by atoms with van der Waals surface area (Å²) in [5.74, 6) is -1.50. The Labute approximate surface area is 133 Å². The summed E-state index contributed by atoms with van der Waals surface area (Å²) >= 11 is 5.85. The second kappa shape index (κ2) is 6.54. The summed E-state index contributed by atoms with van der Waals surface area (Å²) in [6.45, 7) is -0.605. The summed E-state index contributed by atoms with van der Waals surface area (Å²) < 4.78 is 5.34. The number of thioether (sulfide) groups is 1. The predicted molar refractivity (Wildman–Crippen MR) is 82.5 cm³/mol. The van der Waals surface area contributed by atoms with Gasteiger partial charge < -0.3 is 15.2 Å². The Morgan fingerprint density at radius 3 is 2.82 bits per heavy atom. The van der Waals surface area contributed by atoms with Gasteiger partial charge in [-0.25, -0.2) is 4.79 Å². The van der Waals surface area contributed by atoms with Gasteiger partial charge in [0.2, 0.25) is 0 Å². The van der Waals surface area contributed by atoms with Gasteiger partial charge in [-0.3, -0.25) is 14.9 Å². The smallest absolute Gasteiger partial charge is 0.341 e. The zero-order valence-corrected chi connectivity index (χ0v) is 12.4. The third-order valence-corrected chi connectivity index (χ3v) is 3.65. The Bertz CT molecular complexity index is 716. The first-order chi connectivity index (χ1) is 10.4. The number of thiocarbonyl (C=S) groups is 1. The number of nitrogens with zero attached hydrogens (tertiary/aromatic N) is 1. The van der Waals surface area contributed by atoms with Crippen molar-refractivity contribution in [3.05, 3.63) is 38.8 Å². The van der Waals surface area contributed by atoms with E-state index in [4.69, 9.17) is 22.1 Å². The molecule has 0 spiro atoms. The van der Waals surface area contributed by atoms with Gasteiger partial charge in [0, 0.05) is 17.7 Å². The first-order valence-corrected chi connectivity index (χ1v) is 6.97. The fraction of sp³-hybridized carbons (Fsp3) is 0.0833. The van der Waals surface area contributed by atoms with E-state index in [0.717, 1.165) is 11.8 Å². The second-order valence-electron chi connectivity index (χ2n) is 4.01. The Morgan fingerprint density at radius 1 is 1.55 bits per heavy atom. The van der Waals surface area contributed by atoms with Crippen molar-refractivity contribution in [3.8, 4) is 5.75 Å². The molecule has 0 atom stereocenters. The maximum Gasteiger partial charge on any atom is 0.341 e. The summed E-state index contributed by atoms with van der Waals surface area (Å²) in [5, 5.41) is 21.9. The lowest BCUT2D eigenvalue weighted by atomic mass is 10.1. The Kier molecular flexibility index (Phi) is 4.73. The number of amides is 1. The molecule has 2 rings (SSSR count). The van der Waals surface area contributed by atoms with Crippen LogP contribution in [-0.2, 0) is 9.59 Å². The lowest BCUT2D eigenvalue weighted by Crippen LogP contribution is -2.17. The van der Waals surface area contributed by atoms with Crippen LogP contribution in [0, 0.1) is 10.1 Å². The highest BCUT2D eigenvalue weighted by Gasteiger charge is 2.23. The molecule has 1 amide bonds. The highest BCUT2D eigenvalue weighted by molar-refractivity contribution is 8.26. The molecule has 1 aliphatic heterocycles. The number of ether oxygens (including phenoxy) is 1. The van der Waals surface area contributed by atoms with Crippen LogP contribution in [0.2, 0.25) is 0 Å². The van der Waals surface area contributed by atoms with Gasteiger partial charge in [0.1, 0.15) is 10.1 Å². The quantitative estimate of drug-likeness (QED) is 0.359. The number of carboxylic acid groups (broad SMARTS) is 1. The van der Waals surface area contributed by atoms with E-state index in [0.29, 0.717) is 0 Å². The van der Waals surface area contributed by atoms with Crippen molar-refractivity contribution in [1.29, 1.82) is 0 Å². The zero-order valence-electron chi connectivity index (χ0n) is 10.8. The Balaban J connectivity index is 2.41. The molecule has 1 aliphatic rings. The summed E-state index contributed by atoms with van der Waals surface area (Å²) in [4.78, 5) is 32.7. The lowest BCUT2D eigenvalue weighted by molar-refractivity contribution is -0.384. The van der Waals surface area contributed by atoms with Gasteiger partial charge in [-0.05, 0) is 12.1 Å². The van der Waals surface area contributed by atoms with Crippen molar-refractivity contribution in [1.82, 2.24) is 5.32 Å². The number of hydrogen-bond acceptors (Lipinski definition) is 7. The Hall–Kier alpha value is -2.46. The standard InChI is InChI=1S/C12H8N2O6S2/c15-10(16)5-20-8-2-1-7(14(18)19)3-6(8)4-9-11(17)13-12(21)22-9/h1-4H,5H2,(H,15,16)(H,13,17,21)/b9-4-. The molecule has 1 heterocycles. The van der Waals surface area contributed by atoms with Gasteiger partial charge in [0.25, 0.3) is 11.6 Å². The van der Waals surface area contributed by atoms with Gasteiger partial charge in [-0.2, -0.15) is 0 Å². The van der Waals surface area contributed by atoms with Gasteiger partial charge in [0.05, 0.1) is 9.83 Å². The first-order valence-electron chi connectivity index (χ1n) is 5.74. The lowest BCUT2D eigenvalue weighted by Gasteiger charge is -2.07. The monoisotopic (exact) mass is 340 g/mol. The van der Waals surface area contributed by atoms with Gasteiger partial charge >= 0.3 is 5.97 Å². The normalized spacial score (nSPS) is 15.7. The van der Waals surface area contributed by atoms with Crippen LogP contribution in [0.3, 0.4) is 0 Å². The van der Waals surface area contributed by atoms with Crippen molar-refractivity contribution in [2.45, 2.75) is 0 Å². The molecule has 1 aromatic rings. The van der Waals surface area contributed by atoms with E-state index in [9.17, 15) is 19.7 Å². The summed E-state index contributed by atoms with van der Waals surface area (Å²) in [6, 6.07) is 3.66. The number of carbonyl (C=O) groups excluding carboxylic acids is 1. The fourth-order valence-corrected chi connectivity index (χ4v) is 2.63. The van der Waals surface area contributed by atoms with Crippen molar-refractivity contribution >= 4 is 51.9 Å². The van der Waals surface area contributed by atoms with Crippen LogP contribution in [-0.4, -0.2) is 32.8 Å². The van der Waals surface area contributed by atoms with Crippen molar-refractivity contribution in [3.63, 3.8) is 0 Å². The number of nitro benzene ring substituents is 1. The van der Waals surface area contributed by atoms with Gasteiger partial charge in [-0.15, -0.1) is 0 Å². The van der Waals surface area contributed by atoms with Crippen LogP contribution < -0.4 is 10.1 Å². The topological polar surface area (TPSA) is 119 Å². The number of nitro groups is 1. The molecule has 8 nitrogen and oxygen atoms in total. The van der Waals surface area contributed by atoms with Crippen molar-refractivity contribution < 1.29 is 24.4 Å². The highest BCUT2D eigenvalue weighted by atomic mass is 32.2. The molecule has 0 aliphatic carbocycles.